The highest BCUT2D eigenvalue weighted by Gasteiger charge is 2.36. The minimum atomic E-state index is -0.362. The summed E-state index contributed by atoms with van der Waals surface area (Å²) in [5.74, 6) is 0.537. The van der Waals surface area contributed by atoms with Gasteiger partial charge in [-0.3, -0.25) is 4.79 Å². The summed E-state index contributed by atoms with van der Waals surface area (Å²) in [5.41, 5.74) is -0.362. The summed E-state index contributed by atoms with van der Waals surface area (Å²) < 4.78 is -0.274. The molecule has 0 fully saturated rings. The summed E-state index contributed by atoms with van der Waals surface area (Å²) in [4.78, 5) is 11.7. The van der Waals surface area contributed by atoms with E-state index in [1.165, 1.54) is 0 Å². The number of ketones is 1. The second kappa shape index (κ2) is 5.61. The van der Waals surface area contributed by atoms with Gasteiger partial charge in [0.15, 0.2) is 5.78 Å². The SMILES string of the molecule is CCC(CC)(CCl)C(=O)C(Br)Br. The minimum absolute atomic E-state index is 0.141. The van der Waals surface area contributed by atoms with Crippen LogP contribution in [0.1, 0.15) is 26.7 Å². The van der Waals surface area contributed by atoms with Crippen LogP contribution < -0.4 is 0 Å². The van der Waals surface area contributed by atoms with Crippen LogP contribution in [0.25, 0.3) is 0 Å². The number of halogens is 3. The van der Waals surface area contributed by atoms with E-state index >= 15 is 0 Å². The van der Waals surface area contributed by atoms with E-state index in [0.717, 1.165) is 12.8 Å². The van der Waals surface area contributed by atoms with Crippen LogP contribution in [-0.2, 0) is 4.79 Å². The van der Waals surface area contributed by atoms with E-state index in [1.54, 1.807) is 0 Å². The number of rotatable bonds is 5. The summed E-state index contributed by atoms with van der Waals surface area (Å²) >= 11 is 12.2. The summed E-state index contributed by atoms with van der Waals surface area (Å²) in [5, 5.41) is 0. The molecule has 4 heteroatoms. The third kappa shape index (κ3) is 2.71. The Labute approximate surface area is 95.5 Å². The van der Waals surface area contributed by atoms with Crippen molar-refractivity contribution in [1.29, 1.82) is 0 Å². The van der Waals surface area contributed by atoms with Crippen LogP contribution in [0.4, 0.5) is 0 Å². The normalized spacial score (nSPS) is 12.2. The van der Waals surface area contributed by atoms with Crippen LogP contribution in [0.2, 0.25) is 0 Å². The number of hydrogen-bond donors (Lipinski definition) is 0. The lowest BCUT2D eigenvalue weighted by molar-refractivity contribution is -0.125. The molecule has 12 heavy (non-hydrogen) atoms. The fraction of sp³-hybridized carbons (Fsp3) is 0.875. The number of Topliss-reactive ketones (excluding diaryl/α,β-unsaturated/α-hetero) is 1. The van der Waals surface area contributed by atoms with Crippen molar-refractivity contribution in [2.75, 3.05) is 5.88 Å². The third-order valence-electron chi connectivity index (χ3n) is 2.33. The van der Waals surface area contributed by atoms with Crippen molar-refractivity contribution in [2.45, 2.75) is 30.4 Å². The molecule has 0 spiro atoms. The molecule has 0 heterocycles. The van der Waals surface area contributed by atoms with Gasteiger partial charge in [-0.2, -0.15) is 0 Å². The van der Waals surface area contributed by atoms with E-state index in [4.69, 9.17) is 11.6 Å². The predicted molar refractivity (Wildman–Crippen MR) is 60.4 cm³/mol. The first kappa shape index (κ1) is 12.9. The molecule has 0 saturated heterocycles. The van der Waals surface area contributed by atoms with Crippen molar-refractivity contribution in [3.05, 3.63) is 0 Å². The van der Waals surface area contributed by atoms with Gasteiger partial charge in [0.05, 0.1) is 0 Å². The topological polar surface area (TPSA) is 17.1 Å². The van der Waals surface area contributed by atoms with Gasteiger partial charge in [-0.1, -0.05) is 45.7 Å². The van der Waals surface area contributed by atoms with Gasteiger partial charge in [-0.15, -0.1) is 11.6 Å². The van der Waals surface area contributed by atoms with Crippen molar-refractivity contribution in [2.24, 2.45) is 5.41 Å². The monoisotopic (exact) mass is 318 g/mol. The highest BCUT2D eigenvalue weighted by Crippen LogP contribution is 2.33. The van der Waals surface area contributed by atoms with Gasteiger partial charge in [-0.25, -0.2) is 0 Å². The fourth-order valence-corrected chi connectivity index (χ4v) is 2.57. The smallest absolute Gasteiger partial charge is 0.164 e. The first-order valence-corrected chi connectivity index (χ1v) is 6.29. The average molecular weight is 320 g/mol. The molecule has 0 bridgehead atoms. The maximum absolute atomic E-state index is 11.7. The summed E-state index contributed by atoms with van der Waals surface area (Å²) in [6.07, 6.45) is 1.58. The van der Waals surface area contributed by atoms with Crippen LogP contribution in [-0.4, -0.2) is 15.4 Å². The fourth-order valence-electron chi connectivity index (χ4n) is 1.08. The Morgan fingerprint density at radius 1 is 1.42 bits per heavy atom. The van der Waals surface area contributed by atoms with Crippen LogP contribution in [0.15, 0.2) is 0 Å². The molecule has 0 saturated carbocycles. The molecule has 0 unspecified atom stereocenters. The van der Waals surface area contributed by atoms with Gasteiger partial charge in [0.1, 0.15) is 3.74 Å². The summed E-state index contributed by atoms with van der Waals surface area (Å²) in [6, 6.07) is 0. The molecule has 0 aromatic rings. The Morgan fingerprint density at radius 3 is 1.92 bits per heavy atom. The van der Waals surface area contributed by atoms with Crippen molar-refractivity contribution < 1.29 is 4.79 Å². The van der Waals surface area contributed by atoms with E-state index in [2.05, 4.69) is 31.9 Å². The molecule has 0 aromatic heterocycles. The molecule has 0 aliphatic heterocycles. The zero-order valence-corrected chi connectivity index (χ0v) is 11.2. The van der Waals surface area contributed by atoms with E-state index in [9.17, 15) is 4.79 Å². The molecule has 0 N–H and O–H groups in total. The molecule has 0 aromatic carbocycles. The Bertz CT molecular complexity index is 147. The summed E-state index contributed by atoms with van der Waals surface area (Å²) in [6.45, 7) is 3.98. The average Bonchev–Trinajstić information content (AvgIpc) is 2.08. The van der Waals surface area contributed by atoms with Gasteiger partial charge in [0.2, 0.25) is 0 Å². The van der Waals surface area contributed by atoms with Crippen LogP contribution in [0, 0.1) is 5.41 Å². The maximum atomic E-state index is 11.7. The Morgan fingerprint density at radius 2 is 1.83 bits per heavy atom. The minimum Gasteiger partial charge on any atom is -0.297 e. The number of carbonyl (C=O) groups excluding carboxylic acids is 1. The van der Waals surface area contributed by atoms with E-state index in [1.807, 2.05) is 13.8 Å². The van der Waals surface area contributed by atoms with Gasteiger partial charge < -0.3 is 0 Å². The van der Waals surface area contributed by atoms with E-state index < -0.39 is 0 Å². The number of alkyl halides is 3. The Kier molecular flexibility index (Phi) is 6.04. The standard InChI is InChI=1S/C8H13Br2ClO/c1-3-8(4-2,5-11)6(12)7(9)10/h7H,3-5H2,1-2H3. The molecule has 0 radical (unpaired) electrons. The molecule has 0 rings (SSSR count). The molecule has 0 aliphatic carbocycles. The molecule has 0 atom stereocenters. The second-order valence-electron chi connectivity index (χ2n) is 2.79. The lowest BCUT2D eigenvalue weighted by Crippen LogP contribution is -2.35. The Hall–Kier alpha value is 0.920. The maximum Gasteiger partial charge on any atom is 0.164 e. The molecule has 0 amide bonds. The molecular weight excluding hydrogens is 307 g/mol. The van der Waals surface area contributed by atoms with Crippen LogP contribution >= 0.6 is 43.5 Å². The number of carbonyl (C=O) groups is 1. The second-order valence-corrected chi connectivity index (χ2v) is 6.11. The lowest BCUT2D eigenvalue weighted by Gasteiger charge is -2.28. The van der Waals surface area contributed by atoms with E-state index in [-0.39, 0.29) is 14.9 Å². The lowest BCUT2D eigenvalue weighted by atomic mass is 9.81. The van der Waals surface area contributed by atoms with Crippen molar-refractivity contribution >= 4 is 49.2 Å². The molecular formula is C8H13Br2ClO. The summed E-state index contributed by atoms with van der Waals surface area (Å²) in [7, 11) is 0. The quantitative estimate of drug-likeness (QED) is 0.706. The van der Waals surface area contributed by atoms with Crippen LogP contribution in [0.3, 0.4) is 0 Å². The Balaban J connectivity index is 4.59. The van der Waals surface area contributed by atoms with Crippen molar-refractivity contribution in [1.82, 2.24) is 0 Å². The van der Waals surface area contributed by atoms with Gasteiger partial charge in [0.25, 0.3) is 0 Å². The first-order chi connectivity index (χ1) is 5.54. The molecule has 72 valence electrons. The van der Waals surface area contributed by atoms with Gasteiger partial charge in [-0.05, 0) is 12.8 Å². The first-order valence-electron chi connectivity index (χ1n) is 3.92. The zero-order chi connectivity index (χ0) is 9.78. The van der Waals surface area contributed by atoms with Gasteiger partial charge >= 0.3 is 0 Å². The largest absolute Gasteiger partial charge is 0.297 e. The van der Waals surface area contributed by atoms with Crippen molar-refractivity contribution in [3.63, 3.8) is 0 Å². The van der Waals surface area contributed by atoms with Crippen molar-refractivity contribution in [3.8, 4) is 0 Å². The molecule has 1 nitrogen and oxygen atoms in total. The number of hydrogen-bond acceptors (Lipinski definition) is 1. The third-order valence-corrected chi connectivity index (χ3v) is 3.67. The van der Waals surface area contributed by atoms with E-state index in [0.29, 0.717) is 5.88 Å². The molecule has 0 aliphatic rings. The highest BCUT2D eigenvalue weighted by atomic mass is 79.9. The predicted octanol–water partition coefficient (Wildman–Crippen LogP) is 3.72. The van der Waals surface area contributed by atoms with Crippen LogP contribution in [0.5, 0.6) is 0 Å². The zero-order valence-electron chi connectivity index (χ0n) is 7.24. The highest BCUT2D eigenvalue weighted by molar-refractivity contribution is 9.25. The van der Waals surface area contributed by atoms with Gasteiger partial charge in [0, 0.05) is 11.3 Å².